The number of carboxylic acid groups (broad SMARTS) is 2. The monoisotopic (exact) mass is 195 g/mol. The van der Waals surface area contributed by atoms with E-state index in [0.717, 1.165) is 0 Å². The summed E-state index contributed by atoms with van der Waals surface area (Å²) in [6, 6.07) is 0. The highest BCUT2D eigenvalue weighted by Crippen LogP contribution is 1.91. The van der Waals surface area contributed by atoms with E-state index in [9.17, 15) is 0 Å². The van der Waals surface area contributed by atoms with E-state index >= 15 is 0 Å². The Balaban J connectivity index is 0. The van der Waals surface area contributed by atoms with Crippen molar-refractivity contribution in [2.75, 3.05) is 13.2 Å². The molecule has 0 fully saturated rings. The number of hydrogen-bond donors (Lipinski definition) is 5. The molecule has 0 saturated carbocycles. The molecule has 0 radical (unpaired) electrons. The van der Waals surface area contributed by atoms with E-state index in [1.54, 1.807) is 6.92 Å². The molecule has 0 spiro atoms. The number of hydrogen-bond acceptors (Lipinski definition) is 5. The van der Waals surface area contributed by atoms with Gasteiger partial charge in [-0.25, -0.2) is 9.59 Å². The summed E-state index contributed by atoms with van der Waals surface area (Å²) in [6.07, 6.45) is 0. The van der Waals surface area contributed by atoms with Gasteiger partial charge in [-0.2, -0.15) is 0 Å². The van der Waals surface area contributed by atoms with Crippen LogP contribution in [0.15, 0.2) is 0 Å². The highest BCUT2D eigenvalue weighted by molar-refractivity contribution is 6.27. The minimum absolute atomic E-state index is 0.177. The molecule has 0 aromatic carbocycles. The molecule has 7 nitrogen and oxygen atoms in total. The Kier molecular flexibility index (Phi) is 7.01. The van der Waals surface area contributed by atoms with Gasteiger partial charge in [0.1, 0.15) is 0 Å². The van der Waals surface area contributed by atoms with Crippen LogP contribution in [0.4, 0.5) is 0 Å². The van der Waals surface area contributed by atoms with Gasteiger partial charge in [0.05, 0.1) is 18.8 Å². The summed E-state index contributed by atoms with van der Waals surface area (Å²) in [7, 11) is 0. The number of aliphatic hydroxyl groups is 2. The normalized spacial score (nSPS) is 9.85. The van der Waals surface area contributed by atoms with Gasteiger partial charge in [0.15, 0.2) is 0 Å². The summed E-state index contributed by atoms with van der Waals surface area (Å²) in [5, 5.41) is 31.4. The summed E-state index contributed by atoms with van der Waals surface area (Å²) >= 11 is 0. The summed E-state index contributed by atoms with van der Waals surface area (Å²) in [5.41, 5.74) is 4.41. The van der Waals surface area contributed by atoms with Gasteiger partial charge in [0.25, 0.3) is 0 Å². The number of nitrogens with two attached hydrogens (primary N) is 1. The molecule has 0 aliphatic rings. The SMILES string of the molecule is CC(N)(CO)CO.O=C(O)C(=O)O. The molecule has 0 heterocycles. The van der Waals surface area contributed by atoms with E-state index in [-0.39, 0.29) is 13.2 Å². The maximum absolute atomic E-state index is 9.10. The average Bonchev–Trinajstić information content (AvgIpc) is 2.05. The van der Waals surface area contributed by atoms with E-state index in [0.29, 0.717) is 0 Å². The van der Waals surface area contributed by atoms with Crippen molar-refractivity contribution in [1.82, 2.24) is 0 Å². The Bertz CT molecular complexity index is 160. The quantitative estimate of drug-likeness (QED) is 0.316. The molecular formula is C6H13NO6. The molecular weight excluding hydrogens is 182 g/mol. The molecule has 13 heavy (non-hydrogen) atoms. The molecule has 0 bridgehead atoms. The number of carboxylic acids is 2. The van der Waals surface area contributed by atoms with Crippen LogP contribution < -0.4 is 5.73 Å². The molecule has 0 atom stereocenters. The Morgan fingerprint density at radius 3 is 1.38 bits per heavy atom. The van der Waals surface area contributed by atoms with Crippen molar-refractivity contribution in [3.8, 4) is 0 Å². The largest absolute Gasteiger partial charge is 0.473 e. The third kappa shape index (κ3) is 10.8. The average molecular weight is 195 g/mol. The third-order valence-electron chi connectivity index (χ3n) is 0.905. The van der Waals surface area contributed by atoms with E-state index < -0.39 is 17.5 Å². The van der Waals surface area contributed by atoms with Gasteiger partial charge in [-0.3, -0.25) is 0 Å². The van der Waals surface area contributed by atoms with Crippen molar-refractivity contribution in [2.45, 2.75) is 12.5 Å². The standard InChI is InChI=1S/C4H11NO2.C2H2O4/c1-4(5,2-6)3-7;3-1(4)2(5)6/h6-7H,2-3,5H2,1H3;(H,3,4)(H,5,6). The summed E-state index contributed by atoms with van der Waals surface area (Å²) in [4.78, 5) is 18.2. The molecule has 0 amide bonds. The maximum Gasteiger partial charge on any atom is 0.414 e. The highest BCUT2D eigenvalue weighted by Gasteiger charge is 2.13. The van der Waals surface area contributed by atoms with Gasteiger partial charge in [-0.15, -0.1) is 0 Å². The third-order valence-corrected chi connectivity index (χ3v) is 0.905. The first kappa shape index (κ1) is 14.3. The zero-order valence-corrected chi connectivity index (χ0v) is 7.10. The first-order valence-electron chi connectivity index (χ1n) is 3.23. The number of rotatable bonds is 2. The molecule has 0 rings (SSSR count). The van der Waals surface area contributed by atoms with E-state index in [1.165, 1.54) is 0 Å². The maximum atomic E-state index is 9.10. The van der Waals surface area contributed by atoms with Crippen LogP contribution >= 0.6 is 0 Å². The zero-order chi connectivity index (χ0) is 11.1. The molecule has 0 aromatic rings. The van der Waals surface area contributed by atoms with Gasteiger partial charge in [-0.1, -0.05) is 0 Å². The molecule has 0 aliphatic carbocycles. The molecule has 0 saturated heterocycles. The van der Waals surface area contributed by atoms with E-state index in [1.807, 2.05) is 0 Å². The van der Waals surface area contributed by atoms with Gasteiger partial charge in [0, 0.05) is 0 Å². The van der Waals surface area contributed by atoms with Crippen molar-refractivity contribution in [3.63, 3.8) is 0 Å². The van der Waals surface area contributed by atoms with E-state index in [2.05, 4.69) is 0 Å². The van der Waals surface area contributed by atoms with Gasteiger partial charge in [0.2, 0.25) is 0 Å². The number of aliphatic carboxylic acids is 2. The molecule has 78 valence electrons. The lowest BCUT2D eigenvalue weighted by Gasteiger charge is -2.16. The van der Waals surface area contributed by atoms with Crippen molar-refractivity contribution >= 4 is 11.9 Å². The predicted octanol–water partition coefficient (Wildman–Crippen LogP) is -2.16. The van der Waals surface area contributed by atoms with Crippen LogP contribution in [0.2, 0.25) is 0 Å². The topological polar surface area (TPSA) is 141 Å². The van der Waals surface area contributed by atoms with Crippen LogP contribution in [0.3, 0.4) is 0 Å². The first-order chi connectivity index (χ1) is 5.76. The second-order valence-electron chi connectivity index (χ2n) is 2.58. The molecule has 7 heteroatoms. The van der Waals surface area contributed by atoms with Crippen molar-refractivity contribution < 1.29 is 30.0 Å². The van der Waals surface area contributed by atoms with E-state index in [4.69, 9.17) is 35.7 Å². The molecule has 0 aliphatic heterocycles. The number of carbonyl (C=O) groups is 2. The highest BCUT2D eigenvalue weighted by atomic mass is 16.4. The molecule has 6 N–H and O–H groups in total. The van der Waals surface area contributed by atoms with Crippen molar-refractivity contribution in [3.05, 3.63) is 0 Å². The van der Waals surface area contributed by atoms with Crippen molar-refractivity contribution in [2.24, 2.45) is 5.73 Å². The van der Waals surface area contributed by atoms with Gasteiger partial charge in [-0.05, 0) is 6.92 Å². The molecule has 0 aromatic heterocycles. The Hall–Kier alpha value is -1.18. The lowest BCUT2D eigenvalue weighted by Crippen LogP contribution is -2.43. The Morgan fingerprint density at radius 1 is 1.15 bits per heavy atom. The Labute approximate surface area is 74.4 Å². The number of aliphatic hydroxyl groups excluding tert-OH is 2. The first-order valence-corrected chi connectivity index (χ1v) is 3.23. The fourth-order valence-electron chi connectivity index (χ4n) is 0.0500. The second kappa shape index (κ2) is 6.35. The smallest absolute Gasteiger partial charge is 0.414 e. The summed E-state index contributed by atoms with van der Waals surface area (Å²) in [5.74, 6) is -3.65. The van der Waals surface area contributed by atoms with Crippen LogP contribution in [0.5, 0.6) is 0 Å². The summed E-state index contributed by atoms with van der Waals surface area (Å²) < 4.78 is 0. The summed E-state index contributed by atoms with van der Waals surface area (Å²) in [6.45, 7) is 1.22. The molecule has 0 unspecified atom stereocenters. The van der Waals surface area contributed by atoms with Crippen molar-refractivity contribution in [1.29, 1.82) is 0 Å². The predicted molar refractivity (Wildman–Crippen MR) is 42.0 cm³/mol. The zero-order valence-electron chi connectivity index (χ0n) is 7.10. The van der Waals surface area contributed by atoms with Crippen LogP contribution in [0.25, 0.3) is 0 Å². The fourth-order valence-corrected chi connectivity index (χ4v) is 0.0500. The minimum atomic E-state index is -1.82. The lowest BCUT2D eigenvalue weighted by molar-refractivity contribution is -0.159. The lowest BCUT2D eigenvalue weighted by atomic mass is 10.1. The Morgan fingerprint density at radius 2 is 1.38 bits per heavy atom. The van der Waals surface area contributed by atoms with Crippen LogP contribution in [0, 0.1) is 0 Å². The van der Waals surface area contributed by atoms with Gasteiger partial charge >= 0.3 is 11.9 Å². The van der Waals surface area contributed by atoms with Crippen LogP contribution in [-0.4, -0.2) is 51.1 Å². The fraction of sp³-hybridized carbons (Fsp3) is 0.667. The van der Waals surface area contributed by atoms with Crippen LogP contribution in [-0.2, 0) is 9.59 Å². The minimum Gasteiger partial charge on any atom is -0.473 e. The second-order valence-corrected chi connectivity index (χ2v) is 2.58. The van der Waals surface area contributed by atoms with Crippen LogP contribution in [0.1, 0.15) is 6.92 Å². The van der Waals surface area contributed by atoms with Gasteiger partial charge < -0.3 is 26.2 Å².